The first kappa shape index (κ1) is 7.90. The first-order valence-electron chi connectivity index (χ1n) is 3.14. The molecule has 1 rings (SSSR count). The predicted octanol–water partition coefficient (Wildman–Crippen LogP) is 1.31. The second kappa shape index (κ2) is 3.85. The van der Waals surface area contributed by atoms with E-state index in [1.54, 1.807) is 30.5 Å². The summed E-state index contributed by atoms with van der Waals surface area (Å²) < 4.78 is 0. The van der Waals surface area contributed by atoms with Crippen LogP contribution in [-0.4, -0.2) is 11.4 Å². The van der Waals surface area contributed by atoms with Gasteiger partial charge in [0.1, 0.15) is 5.71 Å². The number of nitrogens with zero attached hydrogens (tertiary/aromatic N) is 4. The van der Waals surface area contributed by atoms with Crippen LogP contribution in [0.25, 0.3) is 4.95 Å². The second-order valence-corrected chi connectivity index (χ2v) is 1.93. The van der Waals surface area contributed by atoms with Gasteiger partial charge < -0.3 is 0 Å². The van der Waals surface area contributed by atoms with Crippen LogP contribution in [0.4, 0.5) is 0 Å². The van der Waals surface area contributed by atoms with E-state index in [0.717, 1.165) is 0 Å². The van der Waals surface area contributed by atoms with Crippen molar-refractivity contribution in [1.29, 1.82) is 5.26 Å². The minimum Gasteiger partial charge on any atom is -0.181 e. The molecule has 0 bridgehead atoms. The highest BCUT2D eigenvalue weighted by atomic mass is 15.2. The molecule has 0 heterocycles. The van der Waals surface area contributed by atoms with E-state index in [1.165, 1.54) is 0 Å². The average molecular weight is 156 g/mol. The molecule has 0 spiro atoms. The van der Waals surface area contributed by atoms with Gasteiger partial charge in [0.15, 0.2) is 0 Å². The van der Waals surface area contributed by atoms with Gasteiger partial charge in [-0.05, 0) is 24.3 Å². The van der Waals surface area contributed by atoms with Gasteiger partial charge in [0.2, 0.25) is 6.19 Å². The highest BCUT2D eigenvalue weighted by Crippen LogP contribution is 1.97. The number of rotatable bonds is 0. The van der Waals surface area contributed by atoms with Gasteiger partial charge in [-0.3, -0.25) is 0 Å². The van der Waals surface area contributed by atoms with Gasteiger partial charge in [-0.1, -0.05) is 0 Å². The summed E-state index contributed by atoms with van der Waals surface area (Å²) in [6.07, 6.45) is 8.20. The van der Waals surface area contributed by atoms with Gasteiger partial charge in [0.05, 0.1) is 10.8 Å². The van der Waals surface area contributed by atoms with Crippen molar-refractivity contribution < 1.29 is 0 Å². The van der Waals surface area contributed by atoms with Crippen molar-refractivity contribution in [3.8, 4) is 6.19 Å². The van der Waals surface area contributed by atoms with E-state index >= 15 is 0 Å². The first-order chi connectivity index (χ1) is 5.86. The zero-order valence-corrected chi connectivity index (χ0v) is 6.10. The van der Waals surface area contributed by atoms with Gasteiger partial charge in [-0.25, -0.2) is 0 Å². The third-order valence-corrected chi connectivity index (χ3v) is 1.19. The summed E-state index contributed by atoms with van der Waals surface area (Å²) in [5.41, 5.74) is 1.14. The largest absolute Gasteiger partial charge is 0.206 e. The monoisotopic (exact) mass is 156 g/mol. The normalized spacial score (nSPS) is 13.5. The van der Waals surface area contributed by atoms with Crippen LogP contribution in [0.3, 0.4) is 0 Å². The standard InChI is InChI=1S/C8H4N4/c1-10-12-8-4-2-7(3-5-8)11-6-9/h2-5H. The van der Waals surface area contributed by atoms with E-state index in [0.29, 0.717) is 11.4 Å². The predicted molar refractivity (Wildman–Crippen MR) is 45.4 cm³/mol. The lowest BCUT2D eigenvalue weighted by molar-refractivity contribution is 1.44. The fourth-order valence-electron chi connectivity index (χ4n) is 0.709. The van der Waals surface area contributed by atoms with Crippen molar-refractivity contribution >= 4 is 11.4 Å². The molecule has 56 valence electrons. The van der Waals surface area contributed by atoms with Gasteiger partial charge in [-0.15, -0.1) is 4.95 Å². The summed E-state index contributed by atoms with van der Waals surface area (Å²) >= 11 is 0. The molecule has 0 aromatic rings. The summed E-state index contributed by atoms with van der Waals surface area (Å²) in [6, 6.07) is 0. The van der Waals surface area contributed by atoms with Crippen molar-refractivity contribution in [2.24, 2.45) is 10.1 Å². The Morgan fingerprint density at radius 2 is 1.83 bits per heavy atom. The van der Waals surface area contributed by atoms with Crippen LogP contribution in [0.2, 0.25) is 0 Å². The van der Waals surface area contributed by atoms with Crippen molar-refractivity contribution in [3.63, 3.8) is 0 Å². The molecule has 0 fully saturated rings. The fourth-order valence-corrected chi connectivity index (χ4v) is 0.709. The lowest BCUT2D eigenvalue weighted by atomic mass is 10.1. The lowest BCUT2D eigenvalue weighted by Gasteiger charge is -1.94. The molecule has 1 aliphatic carbocycles. The Labute approximate surface area is 69.7 Å². The smallest absolute Gasteiger partial charge is 0.181 e. The topological polar surface area (TPSA) is 52.9 Å². The molecule has 0 N–H and O–H groups in total. The summed E-state index contributed by atoms with van der Waals surface area (Å²) in [5, 5.41) is 11.7. The van der Waals surface area contributed by atoms with E-state index in [1.807, 2.05) is 0 Å². The van der Waals surface area contributed by atoms with Crippen molar-refractivity contribution in [2.45, 2.75) is 0 Å². The SMILES string of the molecule is [C-]#[N+]N=C1C=CC(=NC#N)C=C1. The zero-order valence-electron chi connectivity index (χ0n) is 6.10. The van der Waals surface area contributed by atoms with E-state index in [4.69, 9.17) is 11.8 Å². The van der Waals surface area contributed by atoms with E-state index in [-0.39, 0.29) is 0 Å². The Morgan fingerprint density at radius 3 is 2.33 bits per heavy atom. The van der Waals surface area contributed by atoms with Crippen LogP contribution >= 0.6 is 0 Å². The number of aliphatic imine (C=N–C) groups is 1. The first-order valence-corrected chi connectivity index (χ1v) is 3.14. The van der Waals surface area contributed by atoms with Crippen LogP contribution in [-0.2, 0) is 0 Å². The Bertz CT molecular complexity index is 317. The highest BCUT2D eigenvalue weighted by Gasteiger charge is 1.99. The number of hydrogen-bond acceptors (Lipinski definition) is 3. The molecule has 12 heavy (non-hydrogen) atoms. The number of allylic oxidation sites excluding steroid dienone is 4. The zero-order chi connectivity index (χ0) is 8.81. The molecule has 0 atom stereocenters. The Balaban J connectivity index is 2.83. The molecule has 0 aromatic heterocycles. The molecule has 0 aliphatic heterocycles. The maximum atomic E-state index is 8.20. The third-order valence-electron chi connectivity index (χ3n) is 1.19. The Hall–Kier alpha value is -2.20. The van der Waals surface area contributed by atoms with Gasteiger partial charge >= 0.3 is 0 Å². The molecule has 4 heteroatoms. The van der Waals surface area contributed by atoms with Crippen LogP contribution < -0.4 is 0 Å². The highest BCUT2D eigenvalue weighted by molar-refractivity contribution is 6.18. The molecule has 0 unspecified atom stereocenters. The molecule has 0 radical (unpaired) electrons. The molecule has 0 saturated carbocycles. The summed E-state index contributed by atoms with van der Waals surface area (Å²) in [5.74, 6) is 0. The maximum Gasteiger partial charge on any atom is 0.206 e. The summed E-state index contributed by atoms with van der Waals surface area (Å²) in [4.78, 5) is 6.36. The Morgan fingerprint density at radius 1 is 1.25 bits per heavy atom. The molecule has 0 saturated heterocycles. The number of hydrogen-bond donors (Lipinski definition) is 0. The van der Waals surface area contributed by atoms with Gasteiger partial charge in [0, 0.05) is 0 Å². The van der Waals surface area contributed by atoms with Crippen molar-refractivity contribution in [1.82, 2.24) is 0 Å². The molecular weight excluding hydrogens is 152 g/mol. The summed E-state index contributed by atoms with van der Waals surface area (Å²) in [6.45, 7) is 6.46. The minimum absolute atomic E-state index is 0.571. The fraction of sp³-hybridized carbons (Fsp3) is 0. The molecule has 4 nitrogen and oxygen atoms in total. The third kappa shape index (κ3) is 1.89. The van der Waals surface area contributed by atoms with Crippen LogP contribution in [0.15, 0.2) is 34.4 Å². The summed E-state index contributed by atoms with van der Waals surface area (Å²) in [7, 11) is 0. The van der Waals surface area contributed by atoms with Crippen molar-refractivity contribution in [2.75, 3.05) is 0 Å². The quantitative estimate of drug-likeness (QED) is 0.226. The average Bonchev–Trinajstić information content (AvgIpc) is 2.09. The van der Waals surface area contributed by atoms with Crippen LogP contribution in [0, 0.1) is 18.0 Å². The lowest BCUT2D eigenvalue weighted by Crippen LogP contribution is -1.98. The van der Waals surface area contributed by atoms with Gasteiger partial charge in [0.25, 0.3) is 0 Å². The minimum atomic E-state index is 0.571. The molecule has 0 amide bonds. The Kier molecular flexibility index (Phi) is 2.53. The van der Waals surface area contributed by atoms with Crippen LogP contribution in [0.5, 0.6) is 0 Å². The van der Waals surface area contributed by atoms with E-state index < -0.39 is 0 Å². The van der Waals surface area contributed by atoms with E-state index in [2.05, 4.69) is 15.0 Å². The van der Waals surface area contributed by atoms with E-state index in [9.17, 15) is 0 Å². The molecular formula is C8H4N4. The van der Waals surface area contributed by atoms with Gasteiger partial charge in [-0.2, -0.15) is 16.8 Å². The van der Waals surface area contributed by atoms with Crippen molar-refractivity contribution in [3.05, 3.63) is 35.8 Å². The second-order valence-electron chi connectivity index (χ2n) is 1.93. The maximum absolute atomic E-state index is 8.20. The number of nitriles is 1. The van der Waals surface area contributed by atoms with Crippen LogP contribution in [0.1, 0.15) is 0 Å². The molecule has 1 aliphatic rings. The molecule has 0 aromatic carbocycles.